The Bertz CT molecular complexity index is 1070. The quantitative estimate of drug-likeness (QED) is 0.161. The maximum absolute atomic E-state index is 13.0. The van der Waals surface area contributed by atoms with Crippen molar-refractivity contribution in [1.82, 2.24) is 0 Å². The van der Waals surface area contributed by atoms with Gasteiger partial charge in [0.2, 0.25) is 0 Å². The van der Waals surface area contributed by atoms with Crippen LogP contribution in [0.5, 0.6) is 0 Å². The molecular formula is C36H58O9. The highest BCUT2D eigenvalue weighted by Gasteiger charge is 2.37. The van der Waals surface area contributed by atoms with Crippen molar-refractivity contribution >= 4 is 11.8 Å². The normalized spacial score (nSPS) is 37.4. The predicted octanol–water partition coefficient (Wildman–Crippen LogP) is 5.37. The van der Waals surface area contributed by atoms with Crippen molar-refractivity contribution < 1.29 is 43.9 Å². The largest absolute Gasteiger partial charge is 0.457 e. The average Bonchev–Trinajstić information content (AvgIpc) is 3.70. The first-order chi connectivity index (χ1) is 21.0. The number of ether oxygens (including phenoxy) is 4. The zero-order valence-corrected chi connectivity index (χ0v) is 28.7. The molecular weight excluding hydrogens is 576 g/mol. The fourth-order valence-electron chi connectivity index (χ4n) is 5.51. The number of fused-ring (bicyclic) bond motifs is 1. The van der Waals surface area contributed by atoms with E-state index in [1.54, 1.807) is 27.7 Å². The average molecular weight is 635 g/mol. The smallest absolute Gasteiger partial charge is 0.333 e. The Labute approximate surface area is 270 Å². The summed E-state index contributed by atoms with van der Waals surface area (Å²) in [5.74, 6) is -2.34. The lowest BCUT2D eigenvalue weighted by atomic mass is 9.88. The van der Waals surface area contributed by atoms with Gasteiger partial charge in [0.15, 0.2) is 11.6 Å². The number of epoxide rings is 1. The molecule has 0 aromatic heterocycles. The molecule has 1 saturated heterocycles. The summed E-state index contributed by atoms with van der Waals surface area (Å²) in [7, 11) is 1.51. The van der Waals surface area contributed by atoms with E-state index in [0.29, 0.717) is 24.3 Å². The summed E-state index contributed by atoms with van der Waals surface area (Å²) in [4.78, 5) is 25.8. The topological polar surface area (TPSA) is 135 Å². The van der Waals surface area contributed by atoms with Crippen LogP contribution in [-0.2, 0) is 28.5 Å². The first-order valence-electron chi connectivity index (χ1n) is 16.3. The minimum Gasteiger partial charge on any atom is -0.457 e. The summed E-state index contributed by atoms with van der Waals surface area (Å²) in [6, 6.07) is 0. The van der Waals surface area contributed by atoms with E-state index in [9.17, 15) is 24.9 Å². The van der Waals surface area contributed by atoms with E-state index in [1.165, 1.54) is 7.11 Å². The SMILES string of the molecule is C=C1/C=C(\C)[C@@H](C)C[C@H](O)CC(=O)[C@H](O)[C@@H](O)[C@H](C)C[C@H](COC(C)(C)OC)OC(=O)/C(C)=C/CC/C=C/[C@H]2O[C@H]2C[C@H](C)C1. The molecule has 0 aliphatic carbocycles. The minimum atomic E-state index is -1.70. The molecule has 9 atom stereocenters. The molecule has 0 unspecified atom stereocenters. The number of hydrogen-bond acceptors (Lipinski definition) is 9. The van der Waals surface area contributed by atoms with Crippen molar-refractivity contribution in [2.45, 2.75) is 136 Å². The van der Waals surface area contributed by atoms with Gasteiger partial charge in [0.05, 0.1) is 24.9 Å². The van der Waals surface area contributed by atoms with Crippen LogP contribution in [0.3, 0.4) is 0 Å². The molecule has 2 aliphatic heterocycles. The number of allylic oxidation sites excluding steroid dienone is 5. The van der Waals surface area contributed by atoms with Crippen LogP contribution in [0.4, 0.5) is 0 Å². The Balaban J connectivity index is 2.22. The number of cyclic esters (lactones) is 1. The summed E-state index contributed by atoms with van der Waals surface area (Å²) < 4.78 is 22.8. The van der Waals surface area contributed by atoms with Crippen molar-refractivity contribution in [3.63, 3.8) is 0 Å². The highest BCUT2D eigenvalue weighted by molar-refractivity contribution is 5.87. The maximum Gasteiger partial charge on any atom is 0.333 e. The number of methoxy groups -OCH3 is 1. The highest BCUT2D eigenvalue weighted by Crippen LogP contribution is 2.32. The van der Waals surface area contributed by atoms with Crippen LogP contribution in [0.1, 0.15) is 93.4 Å². The molecule has 0 saturated carbocycles. The Morgan fingerprint density at radius 3 is 2.38 bits per heavy atom. The molecule has 0 bridgehead atoms. The molecule has 0 spiro atoms. The van der Waals surface area contributed by atoms with Crippen LogP contribution in [0.2, 0.25) is 0 Å². The molecule has 3 N–H and O–H groups in total. The van der Waals surface area contributed by atoms with Crippen molar-refractivity contribution in [3.05, 3.63) is 47.6 Å². The lowest BCUT2D eigenvalue weighted by Crippen LogP contribution is -2.42. The van der Waals surface area contributed by atoms with Crippen molar-refractivity contribution in [2.24, 2.45) is 17.8 Å². The number of carbonyl (C=O) groups excluding carboxylic acids is 2. The first-order valence-corrected chi connectivity index (χ1v) is 16.3. The second-order valence-corrected chi connectivity index (χ2v) is 13.7. The molecule has 0 radical (unpaired) electrons. The van der Waals surface area contributed by atoms with Gasteiger partial charge in [0.25, 0.3) is 0 Å². The highest BCUT2D eigenvalue weighted by atomic mass is 16.7. The van der Waals surface area contributed by atoms with Gasteiger partial charge in [-0.2, -0.15) is 0 Å². The number of aliphatic hydroxyl groups is 3. The van der Waals surface area contributed by atoms with Gasteiger partial charge in [-0.3, -0.25) is 4.79 Å². The fraction of sp³-hybridized carbons (Fsp3) is 0.722. The first kappa shape index (κ1) is 39.0. The molecule has 45 heavy (non-hydrogen) atoms. The Morgan fingerprint density at radius 2 is 1.71 bits per heavy atom. The van der Waals surface area contributed by atoms with E-state index >= 15 is 0 Å². The Morgan fingerprint density at radius 1 is 1.02 bits per heavy atom. The lowest BCUT2D eigenvalue weighted by molar-refractivity contribution is -0.214. The van der Waals surface area contributed by atoms with Gasteiger partial charge in [-0.15, -0.1) is 0 Å². The minimum absolute atomic E-state index is 0.00927. The molecule has 0 aromatic carbocycles. The number of carbonyl (C=O) groups is 2. The zero-order valence-electron chi connectivity index (χ0n) is 28.7. The van der Waals surface area contributed by atoms with Gasteiger partial charge in [-0.25, -0.2) is 4.79 Å². The molecule has 256 valence electrons. The summed E-state index contributed by atoms with van der Waals surface area (Å²) in [5.41, 5.74) is 2.52. The monoisotopic (exact) mass is 634 g/mol. The summed E-state index contributed by atoms with van der Waals surface area (Å²) in [6.07, 6.45) is 6.83. The fourth-order valence-corrected chi connectivity index (χ4v) is 5.51. The summed E-state index contributed by atoms with van der Waals surface area (Å²) in [5, 5.41) is 32.3. The number of aliphatic hydroxyl groups excluding tert-OH is 3. The summed E-state index contributed by atoms with van der Waals surface area (Å²) >= 11 is 0. The molecule has 9 nitrogen and oxygen atoms in total. The number of hydrogen-bond donors (Lipinski definition) is 3. The lowest BCUT2D eigenvalue weighted by Gasteiger charge is -2.30. The number of ketones is 1. The summed E-state index contributed by atoms with van der Waals surface area (Å²) in [6.45, 7) is 17.2. The second kappa shape index (κ2) is 18.3. The predicted molar refractivity (Wildman–Crippen MR) is 174 cm³/mol. The van der Waals surface area contributed by atoms with Gasteiger partial charge in [-0.05, 0) is 84.0 Å². The van der Waals surface area contributed by atoms with Gasteiger partial charge >= 0.3 is 5.97 Å². The zero-order chi connectivity index (χ0) is 33.9. The molecule has 1 fully saturated rings. The third kappa shape index (κ3) is 14.0. The Hall–Kier alpha value is -2.14. The number of Topliss-reactive ketones (excluding diaryl/α,β-unsaturated/α-hetero) is 1. The molecule has 9 heteroatoms. The van der Waals surface area contributed by atoms with Gasteiger partial charge in [0, 0.05) is 19.1 Å². The van der Waals surface area contributed by atoms with E-state index in [-0.39, 0.29) is 37.6 Å². The number of rotatable bonds is 4. The Kier molecular flexibility index (Phi) is 15.8. The third-order valence-corrected chi connectivity index (χ3v) is 8.82. The molecule has 2 heterocycles. The van der Waals surface area contributed by atoms with Crippen LogP contribution >= 0.6 is 0 Å². The van der Waals surface area contributed by atoms with Crippen molar-refractivity contribution in [3.8, 4) is 0 Å². The van der Waals surface area contributed by atoms with E-state index in [1.807, 2.05) is 19.9 Å². The molecule has 0 amide bonds. The third-order valence-electron chi connectivity index (χ3n) is 8.82. The standard InChI is InChI=1S/C36H58O9/c1-22-15-23(2)17-32-31(45-32)14-12-10-11-13-24(3)35(41)44-29(21-43-36(7,8)42-9)19-27(6)33(39)34(40)30(38)20-28(37)18-26(5)25(4)16-22/h12-14,16,23,26-29,31-34,37,39-40H,1,10-11,15,17-21H2,2-9H3/b14-12+,24-13+,25-16+/t23-,26+,27-,28+,29-,31-,32+,33+,34+/m1/s1. The van der Waals surface area contributed by atoms with Gasteiger partial charge in [-0.1, -0.05) is 62.8 Å². The van der Waals surface area contributed by atoms with Crippen LogP contribution in [0.25, 0.3) is 0 Å². The molecule has 2 aliphatic rings. The second-order valence-electron chi connectivity index (χ2n) is 13.7. The van der Waals surface area contributed by atoms with E-state index < -0.39 is 47.9 Å². The van der Waals surface area contributed by atoms with Gasteiger partial charge in [0.1, 0.15) is 18.3 Å². The van der Waals surface area contributed by atoms with E-state index in [4.69, 9.17) is 18.9 Å². The molecule has 2 rings (SSSR count). The molecule has 0 aromatic rings. The van der Waals surface area contributed by atoms with E-state index in [2.05, 4.69) is 31.7 Å². The van der Waals surface area contributed by atoms with Crippen LogP contribution in [-0.4, -0.2) is 83.2 Å². The van der Waals surface area contributed by atoms with Crippen LogP contribution in [0, 0.1) is 17.8 Å². The van der Waals surface area contributed by atoms with Crippen LogP contribution in [0.15, 0.2) is 47.6 Å². The van der Waals surface area contributed by atoms with Gasteiger partial charge < -0.3 is 34.3 Å². The maximum atomic E-state index is 13.0. The van der Waals surface area contributed by atoms with E-state index in [0.717, 1.165) is 30.4 Å². The van der Waals surface area contributed by atoms with Crippen molar-refractivity contribution in [1.29, 1.82) is 0 Å². The van der Waals surface area contributed by atoms with Crippen LogP contribution < -0.4 is 0 Å². The number of esters is 1. The van der Waals surface area contributed by atoms with Crippen molar-refractivity contribution in [2.75, 3.05) is 13.7 Å².